The fourth-order valence-electron chi connectivity index (χ4n) is 4.18. The zero-order valence-electron chi connectivity index (χ0n) is 15.7. The maximum absolute atomic E-state index is 11.0. The Balaban J connectivity index is 2.28. The van der Waals surface area contributed by atoms with Crippen molar-refractivity contribution in [1.82, 2.24) is 10.4 Å². The van der Waals surface area contributed by atoms with Gasteiger partial charge in [0.25, 0.3) is 0 Å². The molecule has 0 spiro atoms. The van der Waals surface area contributed by atoms with Crippen LogP contribution in [0.4, 0.5) is 0 Å². The number of carbonyl (C=O) groups is 1. The van der Waals surface area contributed by atoms with Crippen LogP contribution in [0.25, 0.3) is 0 Å². The van der Waals surface area contributed by atoms with Gasteiger partial charge in [0.1, 0.15) is 6.10 Å². The number of amides is 1. The maximum Gasteiger partial charge on any atom is 0.207 e. The van der Waals surface area contributed by atoms with Crippen LogP contribution in [-0.2, 0) is 9.63 Å². The molecule has 0 aliphatic carbocycles. The Kier molecular flexibility index (Phi) is 6.05. The molecule has 1 aromatic rings. The van der Waals surface area contributed by atoms with Gasteiger partial charge in [-0.05, 0) is 52.0 Å². The molecule has 1 aliphatic heterocycles. The number of nitrogens with zero attached hydrogens (tertiary/aromatic N) is 1. The van der Waals surface area contributed by atoms with E-state index in [9.17, 15) is 4.79 Å². The van der Waals surface area contributed by atoms with Crippen molar-refractivity contribution in [2.45, 2.75) is 83.5 Å². The zero-order chi connectivity index (χ0) is 17.8. The summed E-state index contributed by atoms with van der Waals surface area (Å²) in [5.41, 5.74) is 0.974. The second-order valence-corrected chi connectivity index (χ2v) is 7.59. The lowest BCUT2D eigenvalue weighted by molar-refractivity contribution is -0.316. The average molecular weight is 332 g/mol. The first-order chi connectivity index (χ1) is 11.4. The average Bonchev–Trinajstić information content (AvgIpc) is 2.57. The Labute approximate surface area is 146 Å². The number of benzene rings is 1. The van der Waals surface area contributed by atoms with Gasteiger partial charge >= 0.3 is 0 Å². The molecule has 134 valence electrons. The molecule has 1 N–H and O–H groups in total. The molecule has 0 saturated carbocycles. The van der Waals surface area contributed by atoms with E-state index < -0.39 is 0 Å². The minimum Gasteiger partial charge on any atom is -0.356 e. The lowest BCUT2D eigenvalue weighted by Crippen LogP contribution is -2.65. The number of hydrogen-bond donors (Lipinski definition) is 1. The molecule has 1 aromatic carbocycles. The van der Waals surface area contributed by atoms with E-state index in [1.54, 1.807) is 0 Å². The predicted molar refractivity (Wildman–Crippen MR) is 97.4 cm³/mol. The summed E-state index contributed by atoms with van der Waals surface area (Å²) in [6.07, 6.45) is 4.62. The highest BCUT2D eigenvalue weighted by molar-refractivity contribution is 5.46. The van der Waals surface area contributed by atoms with Crippen molar-refractivity contribution in [3.8, 4) is 0 Å². The third-order valence-corrected chi connectivity index (χ3v) is 5.51. The first-order valence-electron chi connectivity index (χ1n) is 9.10. The molecule has 2 unspecified atom stereocenters. The molecule has 4 heteroatoms. The molecule has 0 bridgehead atoms. The van der Waals surface area contributed by atoms with Crippen molar-refractivity contribution < 1.29 is 9.63 Å². The number of hydrogen-bond acceptors (Lipinski definition) is 3. The Morgan fingerprint density at radius 2 is 1.88 bits per heavy atom. The van der Waals surface area contributed by atoms with E-state index in [1.165, 1.54) is 5.56 Å². The smallest absolute Gasteiger partial charge is 0.207 e. The predicted octanol–water partition coefficient (Wildman–Crippen LogP) is 4.23. The van der Waals surface area contributed by atoms with Gasteiger partial charge in [-0.15, -0.1) is 0 Å². The number of nitrogens with one attached hydrogen (secondary N) is 1. The Bertz CT molecular complexity index is 526. The van der Waals surface area contributed by atoms with Crippen LogP contribution >= 0.6 is 0 Å². The summed E-state index contributed by atoms with van der Waals surface area (Å²) < 4.78 is 0. The first-order valence-corrected chi connectivity index (χ1v) is 9.10. The van der Waals surface area contributed by atoms with Gasteiger partial charge in [-0.3, -0.25) is 9.63 Å². The maximum atomic E-state index is 11.0. The van der Waals surface area contributed by atoms with Gasteiger partial charge in [-0.25, -0.2) is 0 Å². The van der Waals surface area contributed by atoms with E-state index in [0.29, 0.717) is 0 Å². The van der Waals surface area contributed by atoms with Gasteiger partial charge in [-0.1, -0.05) is 44.2 Å². The van der Waals surface area contributed by atoms with Crippen LogP contribution in [-0.4, -0.2) is 28.6 Å². The van der Waals surface area contributed by atoms with Gasteiger partial charge in [0.05, 0.1) is 0 Å². The minimum absolute atomic E-state index is 0.00136. The Morgan fingerprint density at radius 3 is 2.42 bits per heavy atom. The van der Waals surface area contributed by atoms with E-state index in [-0.39, 0.29) is 23.2 Å². The number of piperidine rings is 1. The van der Waals surface area contributed by atoms with E-state index in [2.05, 4.69) is 57.1 Å². The highest BCUT2D eigenvalue weighted by atomic mass is 16.7. The molecule has 1 fully saturated rings. The van der Waals surface area contributed by atoms with Gasteiger partial charge in [0.15, 0.2) is 0 Å². The summed E-state index contributed by atoms with van der Waals surface area (Å²) >= 11 is 0. The second-order valence-electron chi connectivity index (χ2n) is 7.59. The third-order valence-electron chi connectivity index (χ3n) is 5.51. The topological polar surface area (TPSA) is 41.6 Å². The molecular formula is C20H32N2O2. The van der Waals surface area contributed by atoms with Crippen molar-refractivity contribution in [3.05, 3.63) is 35.9 Å². The molecule has 1 amide bonds. The zero-order valence-corrected chi connectivity index (χ0v) is 15.7. The van der Waals surface area contributed by atoms with E-state index >= 15 is 0 Å². The highest BCUT2D eigenvalue weighted by Gasteiger charge is 2.50. The van der Waals surface area contributed by atoms with Crippen molar-refractivity contribution in [2.75, 3.05) is 0 Å². The largest absolute Gasteiger partial charge is 0.356 e. The van der Waals surface area contributed by atoms with Gasteiger partial charge in [0, 0.05) is 17.1 Å². The van der Waals surface area contributed by atoms with Crippen molar-refractivity contribution in [3.63, 3.8) is 0 Å². The summed E-state index contributed by atoms with van der Waals surface area (Å²) in [5, 5.41) is 5.24. The fraction of sp³-hybridized carbons (Fsp3) is 0.650. The van der Waals surface area contributed by atoms with E-state index in [1.807, 2.05) is 18.2 Å². The number of hydroxylamine groups is 2. The summed E-state index contributed by atoms with van der Waals surface area (Å²) in [6, 6.07) is 10.5. The molecule has 0 aromatic heterocycles. The molecule has 1 saturated heterocycles. The molecule has 4 nitrogen and oxygen atoms in total. The summed E-state index contributed by atoms with van der Waals surface area (Å²) in [6.45, 7) is 11.0. The Hall–Kier alpha value is -1.39. The minimum atomic E-state index is -0.145. The van der Waals surface area contributed by atoms with E-state index in [4.69, 9.17) is 4.84 Å². The molecular weight excluding hydrogens is 300 g/mol. The van der Waals surface area contributed by atoms with Crippen molar-refractivity contribution in [1.29, 1.82) is 0 Å². The van der Waals surface area contributed by atoms with Crippen molar-refractivity contribution >= 4 is 6.41 Å². The molecule has 0 radical (unpaired) electrons. The second kappa shape index (κ2) is 7.66. The normalized spacial score (nSPS) is 24.3. The van der Waals surface area contributed by atoms with Crippen LogP contribution in [0, 0.1) is 0 Å². The standard InChI is InChI=1S/C20H32N2O2/c1-6-20(7-2)14-18(21-15-23)13-19(4,5)22(20)24-16(3)17-11-9-8-10-12-17/h8-12,15-16,18H,6-7,13-14H2,1-5H3,(H,21,23). The van der Waals surface area contributed by atoms with E-state index in [0.717, 1.165) is 32.1 Å². The molecule has 24 heavy (non-hydrogen) atoms. The molecule has 1 heterocycles. The van der Waals surface area contributed by atoms with Crippen LogP contribution in [0.1, 0.15) is 72.0 Å². The first kappa shape index (κ1) is 18.9. The van der Waals surface area contributed by atoms with Crippen LogP contribution < -0.4 is 5.32 Å². The van der Waals surface area contributed by atoms with Crippen LogP contribution in [0.3, 0.4) is 0 Å². The van der Waals surface area contributed by atoms with Crippen LogP contribution in [0.2, 0.25) is 0 Å². The highest BCUT2D eigenvalue weighted by Crippen LogP contribution is 2.44. The van der Waals surface area contributed by atoms with Gasteiger partial charge in [-0.2, -0.15) is 5.06 Å². The van der Waals surface area contributed by atoms with Gasteiger partial charge in [0.2, 0.25) is 6.41 Å². The molecule has 1 aliphatic rings. The Morgan fingerprint density at radius 1 is 1.25 bits per heavy atom. The van der Waals surface area contributed by atoms with Gasteiger partial charge < -0.3 is 5.32 Å². The summed E-state index contributed by atoms with van der Waals surface area (Å²) in [4.78, 5) is 17.5. The fourth-order valence-corrected chi connectivity index (χ4v) is 4.18. The number of carbonyl (C=O) groups excluding carboxylic acids is 1. The lowest BCUT2D eigenvalue weighted by atomic mass is 9.74. The molecule has 2 rings (SSSR count). The SMILES string of the molecule is CCC1(CC)CC(NC=O)CC(C)(C)N1OC(C)c1ccccc1. The monoisotopic (exact) mass is 332 g/mol. The van der Waals surface area contributed by atoms with Crippen LogP contribution in [0.15, 0.2) is 30.3 Å². The van der Waals surface area contributed by atoms with Crippen molar-refractivity contribution in [2.24, 2.45) is 0 Å². The third kappa shape index (κ3) is 3.81. The summed E-state index contributed by atoms with van der Waals surface area (Å²) in [7, 11) is 0. The molecule has 2 atom stereocenters. The van der Waals surface area contributed by atoms with Crippen LogP contribution in [0.5, 0.6) is 0 Å². The quantitative estimate of drug-likeness (QED) is 0.760. The summed E-state index contributed by atoms with van der Waals surface area (Å²) in [5.74, 6) is 0. The lowest BCUT2D eigenvalue weighted by Gasteiger charge is -2.56. The number of rotatable bonds is 7.